The second-order valence-corrected chi connectivity index (χ2v) is 1.59. The van der Waals surface area contributed by atoms with Gasteiger partial charge in [0.2, 0.25) is 0 Å². The van der Waals surface area contributed by atoms with Gasteiger partial charge in [0, 0.05) is 5.87 Å². The van der Waals surface area contributed by atoms with E-state index < -0.39 is 11.9 Å². The number of halogens is 3. The molecule has 0 bridgehead atoms. The van der Waals surface area contributed by atoms with E-state index in [2.05, 4.69) is 10.9 Å². The lowest BCUT2D eigenvalue weighted by Gasteiger charge is -2.09. The molecule has 1 aliphatic rings. The summed E-state index contributed by atoms with van der Waals surface area (Å²) >= 11 is 0. The van der Waals surface area contributed by atoms with Gasteiger partial charge in [-0.1, -0.05) is 0 Å². The molecule has 0 aliphatic carbocycles. The minimum atomic E-state index is -4.35. The molecular formula is C5H3F3N2. The Kier molecular flexibility index (Phi) is 1.51. The van der Waals surface area contributed by atoms with Crippen molar-refractivity contribution in [3.63, 3.8) is 0 Å². The van der Waals surface area contributed by atoms with Crippen LogP contribution in [-0.4, -0.2) is 12.0 Å². The summed E-state index contributed by atoms with van der Waals surface area (Å²) in [5.41, 5.74) is -0.869. The normalized spacial score (nSPS) is 16.5. The van der Waals surface area contributed by atoms with E-state index in [0.717, 1.165) is 6.20 Å². The van der Waals surface area contributed by atoms with Crippen molar-refractivity contribution >= 4 is 5.87 Å². The standard InChI is InChI=1S/C5H3F3N2/c6-5(7,8)4-3-9-1-2-10-4/h2-3,10H. The number of nitrogens with zero attached hydrogens (tertiary/aromatic N) is 1. The second-order valence-electron chi connectivity index (χ2n) is 1.59. The van der Waals surface area contributed by atoms with E-state index in [1.807, 2.05) is 5.32 Å². The summed E-state index contributed by atoms with van der Waals surface area (Å²) in [7, 11) is 0. The van der Waals surface area contributed by atoms with Gasteiger partial charge in [-0.2, -0.15) is 13.2 Å². The summed E-state index contributed by atoms with van der Waals surface area (Å²) in [6.07, 6.45) is -2.66. The highest BCUT2D eigenvalue weighted by Gasteiger charge is 2.33. The summed E-state index contributed by atoms with van der Waals surface area (Å²) in [6, 6.07) is 0. The Morgan fingerprint density at radius 1 is 1.50 bits per heavy atom. The van der Waals surface area contributed by atoms with Crippen LogP contribution in [0.4, 0.5) is 13.2 Å². The van der Waals surface area contributed by atoms with Gasteiger partial charge >= 0.3 is 6.18 Å². The predicted molar refractivity (Wildman–Crippen MR) is 29.3 cm³/mol. The van der Waals surface area contributed by atoms with E-state index >= 15 is 0 Å². The first-order valence-electron chi connectivity index (χ1n) is 2.41. The van der Waals surface area contributed by atoms with Crippen LogP contribution in [0.2, 0.25) is 0 Å². The zero-order chi connectivity index (χ0) is 7.61. The Morgan fingerprint density at radius 2 is 2.20 bits per heavy atom. The van der Waals surface area contributed by atoms with E-state index in [4.69, 9.17) is 0 Å². The Balaban J connectivity index is 2.79. The van der Waals surface area contributed by atoms with E-state index in [1.54, 1.807) is 0 Å². The quantitative estimate of drug-likeness (QED) is 0.548. The maximum Gasteiger partial charge on any atom is 0.432 e. The molecule has 0 fully saturated rings. The number of aliphatic imine (C=N–C) groups is 1. The molecule has 10 heavy (non-hydrogen) atoms. The average molecular weight is 148 g/mol. The van der Waals surface area contributed by atoms with Gasteiger partial charge in [0.25, 0.3) is 0 Å². The summed E-state index contributed by atoms with van der Waals surface area (Å²) in [5.74, 6) is 2.20. The molecule has 0 aromatic rings. The van der Waals surface area contributed by atoms with Gasteiger partial charge < -0.3 is 5.32 Å². The third-order valence-corrected chi connectivity index (χ3v) is 0.866. The molecule has 1 N–H and O–H groups in total. The van der Waals surface area contributed by atoms with Crippen molar-refractivity contribution in [3.05, 3.63) is 18.1 Å². The fraction of sp³-hybridized carbons (Fsp3) is 0.200. The first-order valence-corrected chi connectivity index (χ1v) is 2.41. The highest BCUT2D eigenvalue weighted by atomic mass is 19.4. The van der Waals surface area contributed by atoms with Gasteiger partial charge in [-0.3, -0.25) is 0 Å². The van der Waals surface area contributed by atoms with Crippen LogP contribution in [0.15, 0.2) is 23.1 Å². The van der Waals surface area contributed by atoms with Gasteiger partial charge in [0.05, 0.1) is 12.4 Å². The SMILES string of the molecule is FC(F)(F)C1=CN=C=CN1. The molecular weight excluding hydrogens is 145 g/mol. The molecule has 5 heteroatoms. The summed E-state index contributed by atoms with van der Waals surface area (Å²) in [5, 5.41) is 1.97. The molecule has 0 unspecified atom stereocenters. The van der Waals surface area contributed by atoms with Crippen LogP contribution in [0.25, 0.3) is 0 Å². The molecule has 1 heterocycles. The molecule has 0 amide bonds. The maximum absolute atomic E-state index is 11.7. The number of allylic oxidation sites excluding steroid dienone is 1. The number of alkyl halides is 3. The number of rotatable bonds is 0. The Morgan fingerprint density at radius 3 is 2.50 bits per heavy atom. The summed E-state index contributed by atoms with van der Waals surface area (Å²) in [4.78, 5) is 3.17. The molecule has 1 rings (SSSR count). The second kappa shape index (κ2) is 2.19. The molecule has 0 aromatic carbocycles. The first-order chi connectivity index (χ1) is 4.61. The predicted octanol–water partition coefficient (Wildman–Crippen LogP) is 1.18. The van der Waals surface area contributed by atoms with Crippen LogP contribution in [0, 0.1) is 0 Å². The van der Waals surface area contributed by atoms with Crippen molar-refractivity contribution in [1.29, 1.82) is 0 Å². The lowest BCUT2D eigenvalue weighted by Crippen LogP contribution is -2.23. The van der Waals surface area contributed by atoms with Gasteiger partial charge in [-0.05, 0) is 0 Å². The van der Waals surface area contributed by atoms with Crippen LogP contribution < -0.4 is 5.32 Å². The molecule has 1 aliphatic heterocycles. The summed E-state index contributed by atoms with van der Waals surface area (Å²) in [6.45, 7) is 0. The largest absolute Gasteiger partial charge is 0.432 e. The monoisotopic (exact) mass is 148 g/mol. The van der Waals surface area contributed by atoms with Crippen molar-refractivity contribution in [1.82, 2.24) is 5.32 Å². The zero-order valence-corrected chi connectivity index (χ0v) is 4.74. The Bertz CT molecular complexity index is 220. The van der Waals surface area contributed by atoms with Crippen molar-refractivity contribution in [2.75, 3.05) is 0 Å². The average Bonchev–Trinajstić information content (AvgIpc) is 1.88. The van der Waals surface area contributed by atoms with Crippen molar-refractivity contribution < 1.29 is 13.2 Å². The topological polar surface area (TPSA) is 24.4 Å². The number of hydrogen-bond acceptors (Lipinski definition) is 2. The Hall–Kier alpha value is -1.22. The first kappa shape index (κ1) is 6.89. The fourth-order valence-corrected chi connectivity index (χ4v) is 0.441. The van der Waals surface area contributed by atoms with Gasteiger partial charge in [-0.25, -0.2) is 4.99 Å². The molecule has 0 saturated heterocycles. The van der Waals surface area contributed by atoms with Crippen LogP contribution in [0.3, 0.4) is 0 Å². The fourth-order valence-electron chi connectivity index (χ4n) is 0.441. The minimum absolute atomic E-state index is 0.681. The lowest BCUT2D eigenvalue weighted by atomic mass is 10.4. The molecule has 0 aromatic heterocycles. The van der Waals surface area contributed by atoms with Crippen molar-refractivity contribution in [2.45, 2.75) is 6.18 Å². The van der Waals surface area contributed by atoms with Crippen LogP contribution >= 0.6 is 0 Å². The van der Waals surface area contributed by atoms with Crippen LogP contribution in [-0.2, 0) is 0 Å². The van der Waals surface area contributed by atoms with E-state index in [-0.39, 0.29) is 0 Å². The lowest BCUT2D eigenvalue weighted by molar-refractivity contribution is -0.0956. The van der Waals surface area contributed by atoms with E-state index in [0.29, 0.717) is 6.20 Å². The third kappa shape index (κ3) is 1.39. The third-order valence-electron chi connectivity index (χ3n) is 0.866. The molecule has 0 spiro atoms. The van der Waals surface area contributed by atoms with Crippen LogP contribution in [0.5, 0.6) is 0 Å². The van der Waals surface area contributed by atoms with Gasteiger partial charge in [0.15, 0.2) is 0 Å². The molecule has 0 radical (unpaired) electrons. The maximum atomic E-state index is 11.7. The smallest absolute Gasteiger partial charge is 0.349 e. The zero-order valence-electron chi connectivity index (χ0n) is 4.74. The summed E-state index contributed by atoms with van der Waals surface area (Å²) < 4.78 is 35.1. The highest BCUT2D eigenvalue weighted by molar-refractivity contribution is 5.54. The van der Waals surface area contributed by atoms with Gasteiger partial charge in [-0.15, -0.1) is 0 Å². The minimum Gasteiger partial charge on any atom is -0.349 e. The van der Waals surface area contributed by atoms with Crippen LogP contribution in [0.1, 0.15) is 0 Å². The highest BCUT2D eigenvalue weighted by Crippen LogP contribution is 2.23. The molecule has 0 saturated carbocycles. The van der Waals surface area contributed by atoms with Crippen molar-refractivity contribution in [3.8, 4) is 0 Å². The molecule has 2 nitrogen and oxygen atoms in total. The Labute approximate surface area is 54.8 Å². The molecule has 54 valence electrons. The van der Waals surface area contributed by atoms with Gasteiger partial charge in [0.1, 0.15) is 5.70 Å². The molecule has 0 atom stereocenters. The van der Waals surface area contributed by atoms with E-state index in [9.17, 15) is 13.2 Å². The van der Waals surface area contributed by atoms with E-state index in [1.165, 1.54) is 0 Å². The number of hydrogen-bond donors (Lipinski definition) is 1. The van der Waals surface area contributed by atoms with Crippen molar-refractivity contribution in [2.24, 2.45) is 4.99 Å². The number of nitrogens with one attached hydrogen (secondary N) is 1.